The SMILES string of the molecule is CC(C)N(CC(O)COc1cccc2ccccc12)C(=O)Nc1ccc(-n2cncn2)nc1. The first-order chi connectivity index (χ1) is 16.0. The number of pyridine rings is 1. The number of rotatable bonds is 8. The molecule has 0 aliphatic carbocycles. The van der Waals surface area contributed by atoms with Crippen LogP contribution >= 0.6 is 0 Å². The van der Waals surface area contributed by atoms with Gasteiger partial charge in [0, 0.05) is 11.4 Å². The molecule has 2 amide bonds. The molecule has 0 saturated carbocycles. The zero-order valence-electron chi connectivity index (χ0n) is 18.5. The fourth-order valence-electron chi connectivity index (χ4n) is 3.43. The predicted octanol–water partition coefficient (Wildman–Crippen LogP) is 3.50. The van der Waals surface area contributed by atoms with Crippen molar-refractivity contribution in [3.63, 3.8) is 0 Å². The Labute approximate surface area is 191 Å². The zero-order chi connectivity index (χ0) is 23.2. The standard InChI is InChI=1S/C24H26N6O3/c1-17(2)29(24(32)28-19-10-11-23(26-12-19)30-16-25-15-27-30)13-20(31)14-33-22-9-5-7-18-6-3-4-8-21(18)22/h3-12,15-17,20,31H,13-14H2,1-2H3,(H,28,32). The molecule has 4 aromatic rings. The van der Waals surface area contributed by atoms with Crippen LogP contribution in [0, 0.1) is 0 Å². The molecule has 33 heavy (non-hydrogen) atoms. The van der Waals surface area contributed by atoms with Crippen LogP contribution in [0.25, 0.3) is 16.6 Å². The highest BCUT2D eigenvalue weighted by atomic mass is 16.5. The fraction of sp³-hybridized carbons (Fsp3) is 0.250. The molecule has 1 atom stereocenters. The number of nitrogens with one attached hydrogen (secondary N) is 1. The van der Waals surface area contributed by atoms with E-state index in [4.69, 9.17) is 4.74 Å². The average Bonchev–Trinajstić information content (AvgIpc) is 3.36. The third kappa shape index (κ3) is 5.45. The predicted molar refractivity (Wildman–Crippen MR) is 125 cm³/mol. The van der Waals surface area contributed by atoms with Crippen LogP contribution in [-0.4, -0.2) is 61.1 Å². The van der Waals surface area contributed by atoms with E-state index in [9.17, 15) is 9.90 Å². The van der Waals surface area contributed by atoms with Gasteiger partial charge in [-0.15, -0.1) is 0 Å². The van der Waals surface area contributed by atoms with E-state index in [1.54, 1.807) is 29.6 Å². The minimum absolute atomic E-state index is 0.0681. The molecule has 0 fully saturated rings. The van der Waals surface area contributed by atoms with Gasteiger partial charge in [-0.1, -0.05) is 36.4 Å². The van der Waals surface area contributed by atoms with Crippen molar-refractivity contribution in [3.8, 4) is 11.6 Å². The van der Waals surface area contributed by atoms with Crippen molar-refractivity contribution < 1.29 is 14.6 Å². The Morgan fingerprint density at radius 3 is 2.70 bits per heavy atom. The summed E-state index contributed by atoms with van der Waals surface area (Å²) in [6.07, 6.45) is 3.66. The second kappa shape index (κ2) is 10.1. The van der Waals surface area contributed by atoms with E-state index in [2.05, 4.69) is 20.4 Å². The van der Waals surface area contributed by atoms with E-state index in [-0.39, 0.29) is 25.2 Å². The molecule has 9 heteroatoms. The fourth-order valence-corrected chi connectivity index (χ4v) is 3.43. The summed E-state index contributed by atoms with van der Waals surface area (Å²) < 4.78 is 7.40. The van der Waals surface area contributed by atoms with Gasteiger partial charge >= 0.3 is 6.03 Å². The Kier molecular flexibility index (Phi) is 6.80. The summed E-state index contributed by atoms with van der Waals surface area (Å²) >= 11 is 0. The molecule has 4 rings (SSSR count). The lowest BCUT2D eigenvalue weighted by Gasteiger charge is -2.29. The lowest BCUT2D eigenvalue weighted by Crippen LogP contribution is -2.45. The number of hydrogen-bond donors (Lipinski definition) is 2. The highest BCUT2D eigenvalue weighted by Crippen LogP contribution is 2.25. The summed E-state index contributed by atoms with van der Waals surface area (Å²) in [5.41, 5.74) is 0.538. The van der Waals surface area contributed by atoms with Crippen LogP contribution < -0.4 is 10.1 Å². The molecule has 2 aromatic carbocycles. The van der Waals surface area contributed by atoms with Crippen LogP contribution in [0.5, 0.6) is 5.75 Å². The van der Waals surface area contributed by atoms with Gasteiger partial charge < -0.3 is 20.1 Å². The van der Waals surface area contributed by atoms with Gasteiger partial charge in [0.25, 0.3) is 0 Å². The normalized spacial score (nSPS) is 12.0. The van der Waals surface area contributed by atoms with E-state index in [0.717, 1.165) is 10.8 Å². The molecule has 170 valence electrons. The Bertz CT molecular complexity index is 1190. The molecular weight excluding hydrogens is 420 g/mol. The lowest BCUT2D eigenvalue weighted by molar-refractivity contribution is 0.0722. The molecule has 0 aliphatic heterocycles. The number of benzene rings is 2. The van der Waals surface area contributed by atoms with Gasteiger partial charge in [-0.05, 0) is 37.4 Å². The first kappa shape index (κ1) is 22.2. The Balaban J connectivity index is 1.36. The van der Waals surface area contributed by atoms with Crippen molar-refractivity contribution in [2.45, 2.75) is 26.0 Å². The second-order valence-electron chi connectivity index (χ2n) is 7.86. The molecule has 0 radical (unpaired) electrons. The van der Waals surface area contributed by atoms with E-state index in [1.165, 1.54) is 11.0 Å². The lowest BCUT2D eigenvalue weighted by atomic mass is 10.1. The maximum atomic E-state index is 12.9. The number of ether oxygens (including phenoxy) is 1. The van der Waals surface area contributed by atoms with Crippen molar-refractivity contribution in [1.29, 1.82) is 0 Å². The summed E-state index contributed by atoms with van der Waals surface area (Å²) in [5.74, 6) is 1.29. The van der Waals surface area contributed by atoms with Crippen molar-refractivity contribution in [2.75, 3.05) is 18.5 Å². The molecule has 0 spiro atoms. The smallest absolute Gasteiger partial charge is 0.322 e. The number of aromatic nitrogens is 4. The Morgan fingerprint density at radius 2 is 1.97 bits per heavy atom. The van der Waals surface area contributed by atoms with E-state index < -0.39 is 6.10 Å². The average molecular weight is 447 g/mol. The topological polar surface area (TPSA) is 105 Å². The highest BCUT2D eigenvalue weighted by Gasteiger charge is 2.21. The van der Waals surface area contributed by atoms with Gasteiger partial charge in [0.1, 0.15) is 31.1 Å². The molecular formula is C24H26N6O3. The number of nitrogens with zero attached hydrogens (tertiary/aromatic N) is 5. The minimum Gasteiger partial charge on any atom is -0.490 e. The van der Waals surface area contributed by atoms with Crippen molar-refractivity contribution in [3.05, 3.63) is 73.4 Å². The van der Waals surface area contributed by atoms with E-state index in [0.29, 0.717) is 17.3 Å². The number of carbonyl (C=O) groups excluding carboxylic acids is 1. The third-order valence-corrected chi connectivity index (χ3v) is 5.13. The van der Waals surface area contributed by atoms with Crippen LogP contribution in [0.3, 0.4) is 0 Å². The molecule has 0 saturated heterocycles. The molecule has 9 nitrogen and oxygen atoms in total. The molecule has 0 bridgehead atoms. The van der Waals surface area contributed by atoms with Gasteiger partial charge in [0.15, 0.2) is 5.82 Å². The monoisotopic (exact) mass is 446 g/mol. The highest BCUT2D eigenvalue weighted by molar-refractivity contribution is 5.89. The number of carbonyl (C=O) groups is 1. The van der Waals surface area contributed by atoms with E-state index >= 15 is 0 Å². The number of aliphatic hydroxyl groups is 1. The summed E-state index contributed by atoms with van der Waals surface area (Å²) in [6, 6.07) is 16.7. The third-order valence-electron chi connectivity index (χ3n) is 5.13. The summed E-state index contributed by atoms with van der Waals surface area (Å²) in [4.78, 5) is 22.6. The maximum absolute atomic E-state index is 12.9. The van der Waals surface area contributed by atoms with Crippen LogP contribution in [0.4, 0.5) is 10.5 Å². The van der Waals surface area contributed by atoms with Crippen molar-refractivity contribution in [2.24, 2.45) is 0 Å². The zero-order valence-corrected chi connectivity index (χ0v) is 18.5. The quantitative estimate of drug-likeness (QED) is 0.429. The van der Waals surface area contributed by atoms with Gasteiger partial charge in [0.05, 0.1) is 18.4 Å². The molecule has 2 N–H and O–H groups in total. The molecule has 2 heterocycles. The van der Waals surface area contributed by atoms with Gasteiger partial charge in [0.2, 0.25) is 0 Å². The van der Waals surface area contributed by atoms with Crippen LogP contribution in [0.1, 0.15) is 13.8 Å². The molecule has 1 unspecified atom stereocenters. The number of urea groups is 1. The number of hydrogen-bond acceptors (Lipinski definition) is 6. The Hall–Kier alpha value is -3.98. The number of fused-ring (bicyclic) bond motifs is 1. The van der Waals surface area contributed by atoms with Crippen molar-refractivity contribution in [1.82, 2.24) is 24.6 Å². The molecule has 2 aromatic heterocycles. The summed E-state index contributed by atoms with van der Waals surface area (Å²) in [6.45, 7) is 3.98. The minimum atomic E-state index is -0.857. The first-order valence-corrected chi connectivity index (χ1v) is 10.7. The first-order valence-electron chi connectivity index (χ1n) is 10.7. The Morgan fingerprint density at radius 1 is 1.15 bits per heavy atom. The van der Waals surface area contributed by atoms with Crippen LogP contribution in [0.2, 0.25) is 0 Å². The maximum Gasteiger partial charge on any atom is 0.322 e. The summed E-state index contributed by atoms with van der Waals surface area (Å²) in [7, 11) is 0. The second-order valence-corrected chi connectivity index (χ2v) is 7.86. The van der Waals surface area contributed by atoms with Crippen LogP contribution in [-0.2, 0) is 0 Å². The van der Waals surface area contributed by atoms with Crippen molar-refractivity contribution >= 4 is 22.5 Å². The summed E-state index contributed by atoms with van der Waals surface area (Å²) in [5, 5.41) is 19.5. The van der Waals surface area contributed by atoms with Gasteiger partial charge in [-0.3, -0.25) is 0 Å². The number of aliphatic hydroxyl groups excluding tert-OH is 1. The van der Waals surface area contributed by atoms with Gasteiger partial charge in [-0.25, -0.2) is 19.4 Å². The van der Waals surface area contributed by atoms with Gasteiger partial charge in [-0.2, -0.15) is 5.10 Å². The largest absolute Gasteiger partial charge is 0.490 e. The van der Waals surface area contributed by atoms with E-state index in [1.807, 2.05) is 56.3 Å². The number of amides is 2. The number of anilines is 1. The molecule has 0 aliphatic rings. The van der Waals surface area contributed by atoms with Crippen LogP contribution in [0.15, 0.2) is 73.4 Å².